The molecule has 0 spiro atoms. The van der Waals surface area contributed by atoms with Crippen molar-refractivity contribution < 1.29 is 14.3 Å². The molecule has 0 saturated carbocycles. The van der Waals surface area contributed by atoms with Gasteiger partial charge in [0.1, 0.15) is 0 Å². The Morgan fingerprint density at radius 3 is 2.25 bits per heavy atom. The first kappa shape index (κ1) is 14.9. The summed E-state index contributed by atoms with van der Waals surface area (Å²) < 4.78 is 4.54. The summed E-state index contributed by atoms with van der Waals surface area (Å²) in [4.78, 5) is 24.3. The quantitative estimate of drug-likeness (QED) is 0.670. The van der Waals surface area contributed by atoms with Crippen LogP contribution in [0.15, 0.2) is 0 Å². The third kappa shape index (κ3) is 5.70. The summed E-state index contributed by atoms with van der Waals surface area (Å²) in [5, 5.41) is 0. The fourth-order valence-corrected chi connectivity index (χ4v) is 1.35. The fourth-order valence-electron chi connectivity index (χ4n) is 1.35. The average molecular weight is 230 g/mol. The van der Waals surface area contributed by atoms with Crippen LogP contribution >= 0.6 is 0 Å². The van der Waals surface area contributed by atoms with E-state index in [1.54, 1.807) is 11.8 Å². The van der Waals surface area contributed by atoms with Gasteiger partial charge in [-0.2, -0.15) is 0 Å². The number of nitrogens with zero attached hydrogens (tertiary/aromatic N) is 1. The molecule has 1 atom stereocenters. The van der Waals surface area contributed by atoms with Crippen LogP contribution in [0.25, 0.3) is 0 Å². The molecule has 0 unspecified atom stereocenters. The minimum absolute atomic E-state index is 0.127. The maximum absolute atomic E-state index is 11.7. The summed E-state index contributed by atoms with van der Waals surface area (Å²) in [5.74, 6) is -0.0934. The zero-order chi connectivity index (χ0) is 12.7. The number of methoxy groups -OCH3 is 1. The number of carbonyl (C=O) groups is 2. The van der Waals surface area contributed by atoms with Crippen LogP contribution in [-0.2, 0) is 14.3 Å². The molecule has 0 aromatic carbocycles. The maximum Gasteiger partial charge on any atom is 0.307 e. The molecule has 0 saturated heterocycles. The molecule has 1 amide bonds. The van der Waals surface area contributed by atoms with Gasteiger partial charge >= 0.3 is 5.97 Å². The Bertz CT molecular complexity index is 239. The average Bonchev–Trinajstić information content (AvgIpc) is 2.21. The molecule has 0 bridgehead atoms. The predicted octanol–water partition coefficient (Wildman–Crippen LogP) is 0.381. The second kappa shape index (κ2) is 7.22. The first-order chi connectivity index (χ1) is 7.38. The summed E-state index contributed by atoms with van der Waals surface area (Å²) in [7, 11) is 1.34. The number of nitrogens with two attached hydrogens (primary N) is 1. The minimum Gasteiger partial charge on any atom is -0.469 e. The molecule has 2 N–H and O–H groups in total. The van der Waals surface area contributed by atoms with E-state index < -0.39 is 6.04 Å². The van der Waals surface area contributed by atoms with Gasteiger partial charge in [-0.05, 0) is 12.8 Å². The Hall–Kier alpha value is -1.10. The van der Waals surface area contributed by atoms with Crippen molar-refractivity contribution in [2.45, 2.75) is 33.2 Å². The molecule has 16 heavy (non-hydrogen) atoms. The van der Waals surface area contributed by atoms with Gasteiger partial charge in [-0.1, -0.05) is 13.8 Å². The van der Waals surface area contributed by atoms with Gasteiger partial charge in [-0.25, -0.2) is 0 Å². The van der Waals surface area contributed by atoms with E-state index in [1.165, 1.54) is 7.11 Å². The lowest BCUT2D eigenvalue weighted by atomic mass is 10.2. The topological polar surface area (TPSA) is 72.6 Å². The van der Waals surface area contributed by atoms with E-state index >= 15 is 0 Å². The lowest BCUT2D eigenvalue weighted by molar-refractivity contribution is -0.142. The second-order valence-electron chi connectivity index (χ2n) is 4.29. The maximum atomic E-state index is 11.7. The van der Waals surface area contributed by atoms with Gasteiger partial charge < -0.3 is 15.4 Å². The van der Waals surface area contributed by atoms with E-state index in [0.717, 1.165) is 0 Å². The fraction of sp³-hybridized carbons (Fsp3) is 0.818. The van der Waals surface area contributed by atoms with Crippen molar-refractivity contribution in [1.29, 1.82) is 0 Å². The first-order valence-corrected chi connectivity index (χ1v) is 5.49. The molecule has 0 fully saturated rings. The van der Waals surface area contributed by atoms with Crippen LogP contribution in [0, 0.1) is 5.92 Å². The Kier molecular flexibility index (Phi) is 6.72. The smallest absolute Gasteiger partial charge is 0.307 e. The number of rotatable bonds is 6. The molecule has 0 heterocycles. The van der Waals surface area contributed by atoms with Gasteiger partial charge in [0.2, 0.25) is 5.91 Å². The third-order valence-electron chi connectivity index (χ3n) is 2.10. The summed E-state index contributed by atoms with van der Waals surface area (Å²) >= 11 is 0. The lowest BCUT2D eigenvalue weighted by Crippen LogP contribution is -2.44. The zero-order valence-electron chi connectivity index (χ0n) is 10.5. The number of esters is 1. The largest absolute Gasteiger partial charge is 0.469 e. The van der Waals surface area contributed by atoms with Gasteiger partial charge in [-0.3, -0.25) is 9.59 Å². The molecule has 94 valence electrons. The van der Waals surface area contributed by atoms with Crippen LogP contribution < -0.4 is 5.73 Å². The van der Waals surface area contributed by atoms with Gasteiger partial charge in [-0.15, -0.1) is 0 Å². The Morgan fingerprint density at radius 2 is 1.88 bits per heavy atom. The minimum atomic E-state index is -0.531. The molecule has 0 radical (unpaired) electrons. The van der Waals surface area contributed by atoms with Gasteiger partial charge in [0.05, 0.1) is 19.6 Å². The van der Waals surface area contributed by atoms with Crippen molar-refractivity contribution in [1.82, 2.24) is 4.90 Å². The van der Waals surface area contributed by atoms with E-state index in [2.05, 4.69) is 4.74 Å². The second-order valence-corrected chi connectivity index (χ2v) is 4.29. The Balaban J connectivity index is 4.32. The molecule has 5 heteroatoms. The van der Waals surface area contributed by atoms with Crippen molar-refractivity contribution in [3.05, 3.63) is 0 Å². The van der Waals surface area contributed by atoms with E-state index in [0.29, 0.717) is 19.0 Å². The highest BCUT2D eigenvalue weighted by atomic mass is 16.5. The molecular formula is C11H22N2O3. The van der Waals surface area contributed by atoms with Crippen molar-refractivity contribution in [2.75, 3.05) is 20.2 Å². The molecule has 5 nitrogen and oxygen atoms in total. The molecular weight excluding hydrogens is 208 g/mol. The predicted molar refractivity (Wildman–Crippen MR) is 61.7 cm³/mol. The van der Waals surface area contributed by atoms with Crippen molar-refractivity contribution in [3.8, 4) is 0 Å². The summed E-state index contributed by atoms with van der Waals surface area (Å²) in [5.41, 5.74) is 5.54. The summed E-state index contributed by atoms with van der Waals surface area (Å²) in [6.07, 6.45) is 0.210. The van der Waals surface area contributed by atoms with Crippen LogP contribution in [0.2, 0.25) is 0 Å². The van der Waals surface area contributed by atoms with Gasteiger partial charge in [0.15, 0.2) is 0 Å². The van der Waals surface area contributed by atoms with Crippen LogP contribution in [0.5, 0.6) is 0 Å². The highest BCUT2D eigenvalue weighted by Crippen LogP contribution is 2.03. The third-order valence-corrected chi connectivity index (χ3v) is 2.10. The summed E-state index contributed by atoms with van der Waals surface area (Å²) in [6, 6.07) is -0.531. The van der Waals surface area contributed by atoms with E-state index in [9.17, 15) is 9.59 Å². The molecule has 0 aliphatic carbocycles. The SMILES string of the molecule is COC(=O)CCN(CC(C)C)C(=O)[C@@H](C)N. The molecule has 0 rings (SSSR count). The first-order valence-electron chi connectivity index (χ1n) is 5.49. The zero-order valence-corrected chi connectivity index (χ0v) is 10.5. The number of hydrogen-bond donors (Lipinski definition) is 1. The van der Waals surface area contributed by atoms with E-state index in [1.807, 2.05) is 13.8 Å². The number of ether oxygens (including phenoxy) is 1. The van der Waals surface area contributed by atoms with Crippen LogP contribution in [0.1, 0.15) is 27.2 Å². The van der Waals surface area contributed by atoms with Crippen molar-refractivity contribution in [3.63, 3.8) is 0 Å². The molecule has 0 aromatic heterocycles. The van der Waals surface area contributed by atoms with Crippen molar-refractivity contribution in [2.24, 2.45) is 11.7 Å². The van der Waals surface area contributed by atoms with E-state index in [-0.39, 0.29) is 18.3 Å². The normalized spacial score (nSPS) is 12.4. The molecule has 0 aromatic rings. The van der Waals surface area contributed by atoms with Gasteiger partial charge in [0.25, 0.3) is 0 Å². The Morgan fingerprint density at radius 1 is 1.31 bits per heavy atom. The monoisotopic (exact) mass is 230 g/mol. The van der Waals surface area contributed by atoms with Crippen LogP contribution in [0.3, 0.4) is 0 Å². The highest BCUT2D eigenvalue weighted by molar-refractivity contribution is 5.81. The van der Waals surface area contributed by atoms with Gasteiger partial charge in [0, 0.05) is 13.1 Å². The molecule has 0 aliphatic heterocycles. The number of hydrogen-bond acceptors (Lipinski definition) is 4. The Labute approximate surface area is 96.9 Å². The summed E-state index contributed by atoms with van der Waals surface area (Å²) in [6.45, 7) is 6.65. The number of carbonyl (C=O) groups excluding carboxylic acids is 2. The highest BCUT2D eigenvalue weighted by Gasteiger charge is 2.19. The van der Waals surface area contributed by atoms with E-state index in [4.69, 9.17) is 5.73 Å². The standard InChI is InChI=1S/C11H22N2O3/c1-8(2)7-13(11(15)9(3)12)6-5-10(14)16-4/h8-9H,5-7,12H2,1-4H3/t9-/m1/s1. The molecule has 0 aliphatic rings. The lowest BCUT2D eigenvalue weighted by Gasteiger charge is -2.25. The number of amides is 1. The van der Waals surface area contributed by atoms with Crippen LogP contribution in [-0.4, -0.2) is 43.0 Å². The van der Waals surface area contributed by atoms with Crippen LogP contribution in [0.4, 0.5) is 0 Å². The van der Waals surface area contributed by atoms with Crippen molar-refractivity contribution >= 4 is 11.9 Å².